The molecule has 0 aromatic rings. The van der Waals surface area contributed by atoms with Gasteiger partial charge in [-0.1, -0.05) is 13.3 Å². The normalized spacial score (nSPS) is 11.3. The second kappa shape index (κ2) is 17.6. The molecule has 0 aromatic carbocycles. The maximum Gasteiger partial charge on any atom is 0.0890 e. The summed E-state index contributed by atoms with van der Waals surface area (Å²) in [4.78, 5) is 4.53. The van der Waals surface area contributed by atoms with Crippen LogP contribution >= 0.6 is 49.6 Å². The summed E-state index contributed by atoms with van der Waals surface area (Å²) in [6.07, 6.45) is 6.87. The number of hydrogen-bond donors (Lipinski definition) is 0. The molecule has 0 radical (unpaired) electrons. The molecular formula is C8H20Cl4N2Ti. The van der Waals surface area contributed by atoms with Crippen molar-refractivity contribution in [2.45, 2.75) is 19.8 Å². The van der Waals surface area contributed by atoms with Crippen molar-refractivity contribution < 1.29 is 21.7 Å². The van der Waals surface area contributed by atoms with Gasteiger partial charge in [-0.15, -0.1) is 49.6 Å². The van der Waals surface area contributed by atoms with Crippen molar-refractivity contribution in [2.24, 2.45) is 0 Å². The van der Waals surface area contributed by atoms with E-state index >= 15 is 0 Å². The minimum atomic E-state index is 0. The molecule has 7 heteroatoms. The zero-order chi connectivity index (χ0) is 7.40. The minimum Gasteiger partial charge on any atom is -0.362 e. The van der Waals surface area contributed by atoms with Crippen molar-refractivity contribution in [3.63, 3.8) is 0 Å². The molecule has 0 unspecified atom stereocenters. The van der Waals surface area contributed by atoms with Crippen molar-refractivity contribution >= 4 is 49.6 Å². The molecule has 1 rings (SSSR count). The average Bonchev–Trinajstić information content (AvgIpc) is 2.31. The molecule has 0 amide bonds. The molecule has 94 valence electrons. The third kappa shape index (κ3) is 13.1. The van der Waals surface area contributed by atoms with Crippen molar-refractivity contribution in [3.05, 3.63) is 12.4 Å². The van der Waals surface area contributed by atoms with E-state index in [1.54, 1.807) is 0 Å². The summed E-state index contributed by atoms with van der Waals surface area (Å²) >= 11 is 0. The average molecular weight is 334 g/mol. The zero-order valence-corrected chi connectivity index (χ0v) is 13.8. The predicted molar refractivity (Wildman–Crippen MR) is 72.4 cm³/mol. The van der Waals surface area contributed by atoms with E-state index in [2.05, 4.69) is 36.2 Å². The van der Waals surface area contributed by atoms with Gasteiger partial charge < -0.3 is 9.80 Å². The topological polar surface area (TPSA) is 6.48 Å². The summed E-state index contributed by atoms with van der Waals surface area (Å²) in [7, 11) is 2.10. The summed E-state index contributed by atoms with van der Waals surface area (Å²) in [5, 5.41) is 0. The summed E-state index contributed by atoms with van der Waals surface area (Å²) < 4.78 is 0. The first-order chi connectivity index (χ1) is 4.83. The van der Waals surface area contributed by atoms with Crippen molar-refractivity contribution in [1.82, 2.24) is 9.80 Å². The maximum atomic E-state index is 2.34. The van der Waals surface area contributed by atoms with E-state index in [0.717, 1.165) is 6.67 Å². The van der Waals surface area contributed by atoms with Crippen LogP contribution in [0, 0.1) is 0 Å². The molecule has 0 bridgehead atoms. The third-order valence-corrected chi connectivity index (χ3v) is 1.74. The number of halogens is 4. The van der Waals surface area contributed by atoms with Crippen LogP contribution in [0.4, 0.5) is 0 Å². The Kier molecular flexibility index (Phi) is 35.0. The molecule has 15 heavy (non-hydrogen) atoms. The molecule has 0 N–H and O–H groups in total. The van der Waals surface area contributed by atoms with Gasteiger partial charge in [-0.05, 0) is 6.42 Å². The van der Waals surface area contributed by atoms with Crippen LogP contribution in [-0.4, -0.2) is 30.1 Å². The fourth-order valence-electron chi connectivity index (χ4n) is 1.10. The molecule has 0 spiro atoms. The molecule has 0 saturated carbocycles. The molecule has 2 nitrogen and oxygen atoms in total. The number of unbranched alkanes of at least 4 members (excludes halogenated alkanes) is 1. The molecule has 0 fully saturated rings. The quantitative estimate of drug-likeness (QED) is 0.732. The van der Waals surface area contributed by atoms with E-state index < -0.39 is 0 Å². The number of nitrogens with zero attached hydrogens (tertiary/aromatic N) is 2. The zero-order valence-electron chi connectivity index (χ0n) is 9.01. The van der Waals surface area contributed by atoms with Crippen LogP contribution in [0.5, 0.6) is 0 Å². The molecule has 0 saturated heterocycles. The van der Waals surface area contributed by atoms with E-state index in [4.69, 9.17) is 0 Å². The number of hydrogen-bond acceptors (Lipinski definition) is 2. The van der Waals surface area contributed by atoms with Crippen LogP contribution in [0.25, 0.3) is 0 Å². The maximum absolute atomic E-state index is 2.34. The SMILES string of the molecule is CCCCN1C=CN(C)C1.Cl.Cl.Cl.Cl.[Ti]. The van der Waals surface area contributed by atoms with Gasteiger partial charge in [0, 0.05) is 47.7 Å². The Hall–Kier alpha value is 1.21. The Morgan fingerprint density at radius 3 is 1.93 bits per heavy atom. The van der Waals surface area contributed by atoms with Gasteiger partial charge in [-0.25, -0.2) is 0 Å². The Bertz CT molecular complexity index is 138. The van der Waals surface area contributed by atoms with E-state index in [1.165, 1.54) is 19.4 Å². The summed E-state index contributed by atoms with van der Waals surface area (Å²) in [5.41, 5.74) is 0. The summed E-state index contributed by atoms with van der Waals surface area (Å²) in [6, 6.07) is 0. The first-order valence-corrected chi connectivity index (χ1v) is 3.95. The summed E-state index contributed by atoms with van der Waals surface area (Å²) in [6.45, 7) is 4.50. The molecule has 1 aliphatic rings. The molecule has 0 aliphatic carbocycles. The summed E-state index contributed by atoms with van der Waals surface area (Å²) in [5.74, 6) is 0. The van der Waals surface area contributed by atoms with Gasteiger partial charge in [0.15, 0.2) is 0 Å². The van der Waals surface area contributed by atoms with Crippen LogP contribution in [0.1, 0.15) is 19.8 Å². The van der Waals surface area contributed by atoms with Crippen LogP contribution in [0.3, 0.4) is 0 Å². The fourth-order valence-corrected chi connectivity index (χ4v) is 1.10. The Labute approximate surface area is 133 Å². The van der Waals surface area contributed by atoms with Gasteiger partial charge in [0.25, 0.3) is 0 Å². The van der Waals surface area contributed by atoms with Crippen molar-refractivity contribution in [3.8, 4) is 0 Å². The van der Waals surface area contributed by atoms with Crippen LogP contribution in [-0.2, 0) is 21.7 Å². The minimum absolute atomic E-state index is 0. The van der Waals surface area contributed by atoms with Crippen molar-refractivity contribution in [2.75, 3.05) is 20.3 Å². The second-order valence-corrected chi connectivity index (χ2v) is 2.86. The van der Waals surface area contributed by atoms with Crippen LogP contribution < -0.4 is 0 Å². The predicted octanol–water partition coefficient (Wildman–Crippen LogP) is 3.15. The van der Waals surface area contributed by atoms with Gasteiger partial charge in [-0.3, -0.25) is 0 Å². The van der Waals surface area contributed by atoms with Crippen molar-refractivity contribution in [1.29, 1.82) is 0 Å². The van der Waals surface area contributed by atoms with Crippen LogP contribution in [0.2, 0.25) is 0 Å². The van der Waals surface area contributed by atoms with Gasteiger partial charge in [0.05, 0.1) is 6.67 Å². The fraction of sp³-hybridized carbons (Fsp3) is 0.750. The van der Waals surface area contributed by atoms with Gasteiger partial charge in [-0.2, -0.15) is 0 Å². The third-order valence-electron chi connectivity index (χ3n) is 1.74. The smallest absolute Gasteiger partial charge is 0.0890 e. The molecule has 1 heterocycles. The molecular weight excluding hydrogens is 314 g/mol. The largest absolute Gasteiger partial charge is 0.362 e. The Morgan fingerprint density at radius 1 is 1.07 bits per heavy atom. The van der Waals surface area contributed by atoms with Crippen LogP contribution in [0.15, 0.2) is 12.4 Å². The van der Waals surface area contributed by atoms with E-state index in [9.17, 15) is 0 Å². The molecule has 0 atom stereocenters. The standard InChI is InChI=1S/C8H16N2.4ClH.Ti/c1-3-4-5-10-7-6-9(2)8-10;;;;;/h6-7H,3-5,8H2,1-2H3;4*1H;. The monoisotopic (exact) mass is 332 g/mol. The Balaban J connectivity index is -0.0000000667. The Morgan fingerprint density at radius 2 is 1.60 bits per heavy atom. The number of rotatable bonds is 3. The van der Waals surface area contributed by atoms with Gasteiger partial charge in [0.2, 0.25) is 0 Å². The van der Waals surface area contributed by atoms with E-state index in [0.29, 0.717) is 0 Å². The first kappa shape index (κ1) is 29.8. The first-order valence-electron chi connectivity index (χ1n) is 3.95. The van der Waals surface area contributed by atoms with Gasteiger partial charge >= 0.3 is 0 Å². The molecule has 0 aromatic heterocycles. The van der Waals surface area contributed by atoms with E-state index in [-0.39, 0.29) is 71.3 Å². The second-order valence-electron chi connectivity index (χ2n) is 2.86. The van der Waals surface area contributed by atoms with E-state index in [1.807, 2.05) is 0 Å². The molecule has 1 aliphatic heterocycles. The van der Waals surface area contributed by atoms with Gasteiger partial charge in [0.1, 0.15) is 0 Å².